The second-order valence-electron chi connectivity index (χ2n) is 6.76. The van der Waals surface area contributed by atoms with E-state index in [1.54, 1.807) is 0 Å². The molecule has 7 nitrogen and oxygen atoms in total. The van der Waals surface area contributed by atoms with Crippen LogP contribution >= 0.6 is 11.5 Å². The maximum absolute atomic E-state index is 12.3. The lowest BCUT2D eigenvalue weighted by Crippen LogP contribution is -2.36. The van der Waals surface area contributed by atoms with E-state index in [1.807, 2.05) is 36.2 Å². The molecule has 2 aliphatic rings. The highest BCUT2D eigenvalue weighted by atomic mass is 32.1. The lowest BCUT2D eigenvalue weighted by Gasteiger charge is -2.28. The summed E-state index contributed by atoms with van der Waals surface area (Å²) >= 11 is 1.36. The number of benzene rings is 1. The SMILES string of the molecule is CN(CC(=O)Nc1ccc(N2CCOCC2)cc1)c1nc(C2CC2)ns1. The number of hydrogen-bond donors (Lipinski definition) is 1. The lowest BCUT2D eigenvalue weighted by molar-refractivity contribution is -0.114. The summed E-state index contributed by atoms with van der Waals surface area (Å²) in [6.45, 7) is 3.59. The number of likely N-dealkylation sites (N-methyl/N-ethyl adjacent to an activating group) is 1. The van der Waals surface area contributed by atoms with Gasteiger partial charge in [-0.3, -0.25) is 4.79 Å². The smallest absolute Gasteiger partial charge is 0.243 e. The van der Waals surface area contributed by atoms with Crippen molar-refractivity contribution in [2.24, 2.45) is 0 Å². The van der Waals surface area contributed by atoms with Gasteiger partial charge in [-0.25, -0.2) is 4.98 Å². The van der Waals surface area contributed by atoms with Gasteiger partial charge in [0, 0.05) is 49.0 Å². The number of carbonyl (C=O) groups excluding carboxylic acids is 1. The van der Waals surface area contributed by atoms with Gasteiger partial charge >= 0.3 is 0 Å². The number of nitrogens with zero attached hydrogens (tertiary/aromatic N) is 4. The van der Waals surface area contributed by atoms with Gasteiger partial charge in [0.1, 0.15) is 5.82 Å². The maximum atomic E-state index is 12.3. The van der Waals surface area contributed by atoms with E-state index in [2.05, 4.69) is 19.6 Å². The summed E-state index contributed by atoms with van der Waals surface area (Å²) in [5.41, 5.74) is 1.96. The Kier molecular flexibility index (Phi) is 5.03. The summed E-state index contributed by atoms with van der Waals surface area (Å²) in [6.07, 6.45) is 2.36. The molecule has 0 spiro atoms. The molecule has 1 saturated carbocycles. The van der Waals surface area contributed by atoms with Crippen molar-refractivity contribution in [2.75, 3.05) is 55.0 Å². The Labute approximate surface area is 157 Å². The van der Waals surface area contributed by atoms with Crippen molar-refractivity contribution in [2.45, 2.75) is 18.8 Å². The standard InChI is InChI=1S/C18H23N5O2S/c1-22(18-20-17(21-26-18)13-2-3-13)12-16(24)19-14-4-6-15(7-5-14)23-8-10-25-11-9-23/h4-7,13H,2-3,8-12H2,1H3,(H,19,24). The average Bonchev–Trinajstić information content (AvgIpc) is 3.39. The monoisotopic (exact) mass is 373 g/mol. The largest absolute Gasteiger partial charge is 0.378 e. The van der Waals surface area contributed by atoms with E-state index in [1.165, 1.54) is 24.4 Å². The quantitative estimate of drug-likeness (QED) is 0.838. The van der Waals surface area contributed by atoms with E-state index in [0.29, 0.717) is 5.92 Å². The number of amides is 1. The predicted molar refractivity (Wildman–Crippen MR) is 103 cm³/mol. The Balaban J connectivity index is 1.30. The fraction of sp³-hybridized carbons (Fsp3) is 0.500. The Bertz CT molecular complexity index is 753. The van der Waals surface area contributed by atoms with E-state index in [9.17, 15) is 4.79 Å². The summed E-state index contributed by atoms with van der Waals surface area (Å²) in [6, 6.07) is 7.96. The molecule has 2 aromatic rings. The molecule has 1 amide bonds. The molecule has 0 radical (unpaired) electrons. The third-order valence-corrected chi connectivity index (χ3v) is 5.45. The summed E-state index contributed by atoms with van der Waals surface area (Å²) in [5.74, 6) is 1.40. The van der Waals surface area contributed by atoms with Crippen LogP contribution in [0.4, 0.5) is 16.5 Å². The molecule has 1 saturated heterocycles. The molecule has 2 heterocycles. The van der Waals surface area contributed by atoms with Crippen LogP contribution in [-0.4, -0.2) is 55.2 Å². The summed E-state index contributed by atoms with van der Waals surface area (Å²) in [4.78, 5) is 21.0. The molecule has 0 unspecified atom stereocenters. The van der Waals surface area contributed by atoms with Crippen molar-refractivity contribution in [1.82, 2.24) is 9.36 Å². The van der Waals surface area contributed by atoms with Crippen molar-refractivity contribution < 1.29 is 9.53 Å². The van der Waals surface area contributed by atoms with Crippen molar-refractivity contribution in [3.05, 3.63) is 30.1 Å². The summed E-state index contributed by atoms with van der Waals surface area (Å²) < 4.78 is 9.77. The second-order valence-corrected chi connectivity index (χ2v) is 7.49. The molecule has 4 rings (SSSR count). The van der Waals surface area contributed by atoms with E-state index in [-0.39, 0.29) is 12.5 Å². The number of anilines is 3. The minimum Gasteiger partial charge on any atom is -0.378 e. The van der Waals surface area contributed by atoms with Crippen LogP contribution < -0.4 is 15.1 Å². The van der Waals surface area contributed by atoms with Crippen LogP contribution in [-0.2, 0) is 9.53 Å². The molecule has 1 N–H and O–H groups in total. The molecule has 1 aliphatic carbocycles. The number of carbonyl (C=O) groups is 1. The first kappa shape index (κ1) is 17.2. The first-order chi connectivity index (χ1) is 12.7. The number of morpholine rings is 1. The van der Waals surface area contributed by atoms with Crippen LogP contribution in [0.1, 0.15) is 24.6 Å². The molecular formula is C18H23N5O2S. The van der Waals surface area contributed by atoms with Gasteiger partial charge in [0.25, 0.3) is 0 Å². The molecule has 0 bridgehead atoms. The molecule has 1 aromatic carbocycles. The van der Waals surface area contributed by atoms with Crippen molar-refractivity contribution >= 4 is 33.9 Å². The first-order valence-corrected chi connectivity index (χ1v) is 9.74. The van der Waals surface area contributed by atoms with Crippen LogP contribution in [0.25, 0.3) is 0 Å². The van der Waals surface area contributed by atoms with Gasteiger partial charge in [-0.15, -0.1) is 0 Å². The minimum atomic E-state index is -0.0604. The zero-order chi connectivity index (χ0) is 17.9. The van der Waals surface area contributed by atoms with Gasteiger partial charge in [-0.1, -0.05) is 0 Å². The van der Waals surface area contributed by atoms with Gasteiger partial charge in [-0.2, -0.15) is 4.37 Å². The lowest BCUT2D eigenvalue weighted by atomic mass is 10.2. The highest BCUT2D eigenvalue weighted by Gasteiger charge is 2.28. The van der Waals surface area contributed by atoms with E-state index < -0.39 is 0 Å². The van der Waals surface area contributed by atoms with E-state index >= 15 is 0 Å². The van der Waals surface area contributed by atoms with Gasteiger partial charge < -0.3 is 19.9 Å². The zero-order valence-electron chi connectivity index (χ0n) is 14.9. The number of ether oxygens (including phenoxy) is 1. The number of aromatic nitrogens is 2. The van der Waals surface area contributed by atoms with Crippen LogP contribution in [0.15, 0.2) is 24.3 Å². The Morgan fingerprint density at radius 2 is 2.04 bits per heavy atom. The summed E-state index contributed by atoms with van der Waals surface area (Å²) in [7, 11) is 1.87. The highest BCUT2D eigenvalue weighted by Crippen LogP contribution is 2.39. The Morgan fingerprint density at radius 1 is 1.31 bits per heavy atom. The fourth-order valence-electron chi connectivity index (χ4n) is 2.95. The zero-order valence-corrected chi connectivity index (χ0v) is 15.7. The van der Waals surface area contributed by atoms with Crippen molar-refractivity contribution in [1.29, 1.82) is 0 Å². The molecule has 1 aliphatic heterocycles. The maximum Gasteiger partial charge on any atom is 0.243 e. The molecule has 26 heavy (non-hydrogen) atoms. The van der Waals surface area contributed by atoms with Crippen LogP contribution in [0.3, 0.4) is 0 Å². The Morgan fingerprint density at radius 3 is 2.73 bits per heavy atom. The fourth-order valence-corrected chi connectivity index (χ4v) is 3.65. The number of rotatable bonds is 6. The number of hydrogen-bond acceptors (Lipinski definition) is 7. The van der Waals surface area contributed by atoms with Crippen LogP contribution in [0.2, 0.25) is 0 Å². The Hall–Kier alpha value is -2.19. The third-order valence-electron chi connectivity index (χ3n) is 4.61. The normalized spacial score (nSPS) is 17.2. The van der Waals surface area contributed by atoms with Crippen molar-refractivity contribution in [3.8, 4) is 0 Å². The molecule has 8 heteroatoms. The summed E-state index contributed by atoms with van der Waals surface area (Å²) in [5, 5.41) is 3.74. The molecular weight excluding hydrogens is 350 g/mol. The third kappa shape index (κ3) is 4.13. The van der Waals surface area contributed by atoms with E-state index in [0.717, 1.165) is 48.6 Å². The van der Waals surface area contributed by atoms with Crippen molar-refractivity contribution in [3.63, 3.8) is 0 Å². The molecule has 1 aromatic heterocycles. The van der Waals surface area contributed by atoms with Gasteiger partial charge in [0.15, 0.2) is 0 Å². The average molecular weight is 373 g/mol. The molecule has 2 fully saturated rings. The van der Waals surface area contributed by atoms with Gasteiger partial charge in [-0.05, 0) is 37.1 Å². The number of nitrogens with one attached hydrogen (secondary N) is 1. The van der Waals surface area contributed by atoms with Crippen LogP contribution in [0.5, 0.6) is 0 Å². The topological polar surface area (TPSA) is 70.6 Å². The minimum absolute atomic E-state index is 0.0604. The van der Waals surface area contributed by atoms with Crippen LogP contribution in [0, 0.1) is 0 Å². The first-order valence-electron chi connectivity index (χ1n) is 8.96. The molecule has 0 atom stereocenters. The van der Waals surface area contributed by atoms with Gasteiger partial charge in [0.2, 0.25) is 11.0 Å². The highest BCUT2D eigenvalue weighted by molar-refractivity contribution is 7.09. The predicted octanol–water partition coefficient (Wildman–Crippen LogP) is 2.33. The van der Waals surface area contributed by atoms with E-state index in [4.69, 9.17) is 4.74 Å². The second kappa shape index (κ2) is 7.59. The molecule has 138 valence electrons. The van der Waals surface area contributed by atoms with Gasteiger partial charge in [0.05, 0.1) is 19.8 Å².